The Bertz CT molecular complexity index is 398. The number of nitrogens with zero attached hydrogens (tertiary/aromatic N) is 3. The van der Waals surface area contributed by atoms with E-state index in [1.54, 1.807) is 0 Å². The van der Waals surface area contributed by atoms with Gasteiger partial charge >= 0.3 is 12.0 Å². The molecule has 1 aliphatic rings. The molecule has 0 spiro atoms. The van der Waals surface area contributed by atoms with E-state index in [0.717, 1.165) is 45.4 Å². The molecule has 1 aromatic heterocycles. The predicted molar refractivity (Wildman–Crippen MR) is 78.9 cm³/mol. The largest absolute Gasteiger partial charge is 0.463 e. The summed E-state index contributed by atoms with van der Waals surface area (Å²) in [6.07, 6.45) is 3.70. The van der Waals surface area contributed by atoms with Gasteiger partial charge in [0.25, 0.3) is 0 Å². The number of hydrogen-bond donors (Lipinski definition) is 1. The third kappa shape index (κ3) is 5.34. The molecule has 0 radical (unpaired) electrons. The van der Waals surface area contributed by atoms with E-state index in [-0.39, 0.29) is 6.10 Å². The molecule has 1 fully saturated rings. The van der Waals surface area contributed by atoms with E-state index in [1.807, 2.05) is 6.92 Å². The summed E-state index contributed by atoms with van der Waals surface area (Å²) in [4.78, 5) is 12.8. The quantitative estimate of drug-likeness (QED) is 0.786. The van der Waals surface area contributed by atoms with Crippen molar-refractivity contribution in [3.8, 4) is 12.0 Å². The number of rotatable bonds is 8. The fourth-order valence-electron chi connectivity index (χ4n) is 1.91. The van der Waals surface area contributed by atoms with Crippen LogP contribution < -0.4 is 14.8 Å². The van der Waals surface area contributed by atoms with Crippen LogP contribution in [0.1, 0.15) is 39.5 Å². The summed E-state index contributed by atoms with van der Waals surface area (Å²) in [6.45, 7) is 6.94. The van der Waals surface area contributed by atoms with E-state index in [9.17, 15) is 0 Å². The molecule has 0 atom stereocenters. The zero-order chi connectivity index (χ0) is 14.9. The van der Waals surface area contributed by atoms with Crippen molar-refractivity contribution >= 4 is 5.95 Å². The van der Waals surface area contributed by atoms with Crippen molar-refractivity contribution in [1.82, 2.24) is 15.0 Å². The van der Waals surface area contributed by atoms with Crippen LogP contribution >= 0.6 is 0 Å². The molecule has 0 saturated carbocycles. The monoisotopic (exact) mass is 296 g/mol. The van der Waals surface area contributed by atoms with Gasteiger partial charge in [-0.05, 0) is 12.8 Å². The molecule has 21 heavy (non-hydrogen) atoms. The fourth-order valence-corrected chi connectivity index (χ4v) is 1.91. The van der Waals surface area contributed by atoms with Crippen molar-refractivity contribution in [2.45, 2.75) is 45.6 Å². The Morgan fingerprint density at radius 3 is 2.57 bits per heavy atom. The molecular weight excluding hydrogens is 272 g/mol. The minimum atomic E-state index is 0.0965. The smallest absolute Gasteiger partial charge is 0.324 e. The van der Waals surface area contributed by atoms with Gasteiger partial charge in [-0.1, -0.05) is 13.8 Å². The molecule has 0 aromatic carbocycles. The lowest BCUT2D eigenvalue weighted by atomic mass is 10.2. The zero-order valence-electron chi connectivity index (χ0n) is 12.8. The van der Waals surface area contributed by atoms with Crippen molar-refractivity contribution in [3.05, 3.63) is 0 Å². The van der Waals surface area contributed by atoms with Crippen LogP contribution in [0.2, 0.25) is 0 Å². The number of ether oxygens (including phenoxy) is 3. The van der Waals surface area contributed by atoms with Gasteiger partial charge in [0.05, 0.1) is 19.8 Å². The molecule has 7 heteroatoms. The number of hydrogen-bond acceptors (Lipinski definition) is 7. The van der Waals surface area contributed by atoms with Crippen LogP contribution in [0.3, 0.4) is 0 Å². The van der Waals surface area contributed by atoms with Crippen LogP contribution in [0, 0.1) is 0 Å². The topological polar surface area (TPSA) is 78.4 Å². The normalized spacial score (nSPS) is 15.7. The van der Waals surface area contributed by atoms with Crippen LogP contribution in [0.15, 0.2) is 0 Å². The minimum Gasteiger partial charge on any atom is -0.463 e. The average Bonchev–Trinajstić information content (AvgIpc) is 2.52. The molecule has 0 aliphatic carbocycles. The highest BCUT2D eigenvalue weighted by Crippen LogP contribution is 2.18. The highest BCUT2D eigenvalue weighted by Gasteiger charge is 2.18. The third-order valence-electron chi connectivity index (χ3n) is 3.00. The first kappa shape index (κ1) is 15.8. The van der Waals surface area contributed by atoms with E-state index < -0.39 is 0 Å². The van der Waals surface area contributed by atoms with E-state index in [0.29, 0.717) is 24.6 Å². The number of nitrogens with one attached hydrogen (secondary N) is 1. The van der Waals surface area contributed by atoms with Crippen LogP contribution in [-0.2, 0) is 4.74 Å². The van der Waals surface area contributed by atoms with Gasteiger partial charge in [-0.25, -0.2) is 0 Å². The van der Waals surface area contributed by atoms with Crippen molar-refractivity contribution in [2.75, 3.05) is 31.7 Å². The van der Waals surface area contributed by atoms with Crippen LogP contribution in [0.5, 0.6) is 12.0 Å². The zero-order valence-corrected chi connectivity index (χ0v) is 12.8. The molecule has 1 N–H and O–H groups in total. The Morgan fingerprint density at radius 2 is 1.86 bits per heavy atom. The molecule has 2 heterocycles. The highest BCUT2D eigenvalue weighted by molar-refractivity contribution is 5.27. The molecule has 118 valence electrons. The van der Waals surface area contributed by atoms with Crippen molar-refractivity contribution in [1.29, 1.82) is 0 Å². The SMILES string of the molecule is CCCNc1nc(OCCC)nc(OC2CCOCC2)n1. The summed E-state index contributed by atoms with van der Waals surface area (Å²) in [7, 11) is 0. The van der Waals surface area contributed by atoms with Gasteiger partial charge < -0.3 is 19.5 Å². The second-order valence-corrected chi connectivity index (χ2v) is 4.93. The summed E-state index contributed by atoms with van der Waals surface area (Å²) in [6, 6.07) is 0.633. The minimum absolute atomic E-state index is 0.0965. The predicted octanol–water partition coefficient (Wildman–Crippen LogP) is 2.04. The summed E-state index contributed by atoms with van der Waals surface area (Å²) in [5.41, 5.74) is 0. The lowest BCUT2D eigenvalue weighted by molar-refractivity contribution is 0.0213. The van der Waals surface area contributed by atoms with Gasteiger partial charge in [0.2, 0.25) is 5.95 Å². The first-order chi connectivity index (χ1) is 10.3. The second-order valence-electron chi connectivity index (χ2n) is 4.93. The number of aromatic nitrogens is 3. The van der Waals surface area contributed by atoms with Gasteiger partial charge in [-0.2, -0.15) is 9.97 Å². The Morgan fingerprint density at radius 1 is 1.10 bits per heavy atom. The summed E-state index contributed by atoms with van der Waals surface area (Å²) >= 11 is 0. The molecular formula is C14H24N4O3. The second kappa shape index (κ2) is 8.61. The maximum absolute atomic E-state index is 5.83. The van der Waals surface area contributed by atoms with Gasteiger partial charge in [-0.15, -0.1) is 4.98 Å². The van der Waals surface area contributed by atoms with E-state index in [2.05, 4.69) is 27.2 Å². The lowest BCUT2D eigenvalue weighted by Gasteiger charge is -2.22. The van der Waals surface area contributed by atoms with Gasteiger partial charge in [0.15, 0.2) is 0 Å². The summed E-state index contributed by atoms with van der Waals surface area (Å²) in [5, 5.41) is 3.14. The third-order valence-corrected chi connectivity index (χ3v) is 3.00. The van der Waals surface area contributed by atoms with E-state index >= 15 is 0 Å². The van der Waals surface area contributed by atoms with Gasteiger partial charge in [-0.3, -0.25) is 0 Å². The van der Waals surface area contributed by atoms with Crippen LogP contribution in [0.25, 0.3) is 0 Å². The van der Waals surface area contributed by atoms with Gasteiger partial charge in [0.1, 0.15) is 6.10 Å². The molecule has 0 unspecified atom stereocenters. The molecule has 7 nitrogen and oxygen atoms in total. The van der Waals surface area contributed by atoms with Crippen molar-refractivity contribution < 1.29 is 14.2 Å². The molecule has 1 aromatic rings. The Balaban J connectivity index is 2.05. The highest BCUT2D eigenvalue weighted by atomic mass is 16.5. The molecule has 1 aliphatic heterocycles. The lowest BCUT2D eigenvalue weighted by Crippen LogP contribution is -2.27. The Hall–Kier alpha value is -1.63. The average molecular weight is 296 g/mol. The number of anilines is 1. The summed E-state index contributed by atoms with van der Waals surface area (Å²) in [5.74, 6) is 0.500. The van der Waals surface area contributed by atoms with Crippen molar-refractivity contribution in [2.24, 2.45) is 0 Å². The Kier molecular flexibility index (Phi) is 6.46. The molecule has 0 bridgehead atoms. The molecule has 1 saturated heterocycles. The fraction of sp³-hybridized carbons (Fsp3) is 0.786. The van der Waals surface area contributed by atoms with Crippen LogP contribution in [-0.4, -0.2) is 47.4 Å². The van der Waals surface area contributed by atoms with Crippen LogP contribution in [0.4, 0.5) is 5.95 Å². The summed E-state index contributed by atoms with van der Waals surface area (Å²) < 4.78 is 16.7. The molecule has 0 amide bonds. The maximum Gasteiger partial charge on any atom is 0.324 e. The van der Waals surface area contributed by atoms with Crippen molar-refractivity contribution in [3.63, 3.8) is 0 Å². The standard InChI is InChI=1S/C14H24N4O3/c1-3-7-15-12-16-13(20-8-4-2)18-14(17-12)21-11-5-9-19-10-6-11/h11H,3-10H2,1-2H3,(H,15,16,17,18). The first-order valence-corrected chi connectivity index (χ1v) is 7.69. The first-order valence-electron chi connectivity index (χ1n) is 7.69. The molecule has 2 rings (SSSR count). The maximum atomic E-state index is 5.83. The van der Waals surface area contributed by atoms with E-state index in [4.69, 9.17) is 14.2 Å². The Labute approximate surface area is 125 Å². The van der Waals surface area contributed by atoms with Gasteiger partial charge in [0, 0.05) is 19.4 Å². The van der Waals surface area contributed by atoms with E-state index in [1.165, 1.54) is 0 Å².